The molecule has 0 aliphatic carbocycles. The molecule has 0 radical (unpaired) electrons. The van der Waals surface area contributed by atoms with Crippen molar-refractivity contribution < 1.29 is 14.3 Å². The molecule has 0 saturated heterocycles. The molecule has 33 heavy (non-hydrogen) atoms. The minimum Gasteiger partial charge on any atom is -0.484 e. The van der Waals surface area contributed by atoms with E-state index in [1.807, 2.05) is 63.2 Å². The minimum absolute atomic E-state index is 0.0923. The van der Waals surface area contributed by atoms with Crippen molar-refractivity contribution in [3.8, 4) is 5.75 Å². The quantitative estimate of drug-likeness (QED) is 0.341. The van der Waals surface area contributed by atoms with Gasteiger partial charge in [0.05, 0.1) is 12.8 Å². The van der Waals surface area contributed by atoms with Crippen LogP contribution in [0.5, 0.6) is 5.75 Å². The Morgan fingerprint density at radius 1 is 0.879 bits per heavy atom. The van der Waals surface area contributed by atoms with Crippen LogP contribution in [0.1, 0.15) is 22.3 Å². The lowest BCUT2D eigenvalue weighted by Gasteiger charge is -2.08. The molecule has 7 nitrogen and oxygen atoms in total. The number of aryl methyl sites for hydroxylation is 3. The fourth-order valence-electron chi connectivity index (χ4n) is 2.97. The Morgan fingerprint density at radius 2 is 1.67 bits per heavy atom. The molecule has 0 aliphatic rings. The van der Waals surface area contributed by atoms with Gasteiger partial charge in [-0.1, -0.05) is 18.2 Å². The second kappa shape index (κ2) is 11.5. The van der Waals surface area contributed by atoms with Crippen LogP contribution < -0.4 is 20.8 Å². The maximum Gasteiger partial charge on any atom is 0.262 e. The van der Waals surface area contributed by atoms with E-state index >= 15 is 0 Å². The molecule has 0 aliphatic heterocycles. The normalized spacial score (nSPS) is 10.6. The van der Waals surface area contributed by atoms with Gasteiger partial charge >= 0.3 is 0 Å². The first-order chi connectivity index (χ1) is 15.9. The summed E-state index contributed by atoms with van der Waals surface area (Å²) in [6.45, 7) is 6.07. The molecule has 0 fully saturated rings. The Balaban J connectivity index is 1.39. The van der Waals surface area contributed by atoms with Gasteiger partial charge in [0.25, 0.3) is 11.8 Å². The highest BCUT2D eigenvalue weighted by Gasteiger charge is 2.04. The number of hydrogen-bond donors (Lipinski definition) is 3. The maximum atomic E-state index is 12.0. The summed E-state index contributed by atoms with van der Waals surface area (Å²) in [7, 11) is 0. The molecule has 3 rings (SSSR count). The molecule has 7 heteroatoms. The summed E-state index contributed by atoms with van der Waals surface area (Å²) >= 11 is 0. The number of ether oxygens (including phenoxy) is 1. The smallest absolute Gasteiger partial charge is 0.262 e. The molecule has 2 amide bonds. The fraction of sp³-hybridized carbons (Fsp3) is 0.192. The lowest BCUT2D eigenvalue weighted by Crippen LogP contribution is -2.25. The van der Waals surface area contributed by atoms with E-state index in [1.165, 1.54) is 5.56 Å². The van der Waals surface area contributed by atoms with Crippen molar-refractivity contribution in [2.75, 3.05) is 23.8 Å². The van der Waals surface area contributed by atoms with Crippen LogP contribution in [-0.2, 0) is 9.59 Å². The van der Waals surface area contributed by atoms with Gasteiger partial charge in [-0.3, -0.25) is 9.59 Å². The molecule has 3 aromatic rings. The van der Waals surface area contributed by atoms with Gasteiger partial charge < -0.3 is 15.4 Å². The van der Waals surface area contributed by atoms with E-state index in [0.29, 0.717) is 5.75 Å². The Hall–Kier alpha value is -4.13. The third-order valence-electron chi connectivity index (χ3n) is 4.91. The molecule has 0 atom stereocenters. The monoisotopic (exact) mass is 444 g/mol. The zero-order valence-corrected chi connectivity index (χ0v) is 19.0. The molecule has 0 spiro atoms. The summed E-state index contributed by atoms with van der Waals surface area (Å²) in [5.41, 5.74) is 8.34. The minimum atomic E-state index is -0.246. The van der Waals surface area contributed by atoms with Crippen LogP contribution in [0.2, 0.25) is 0 Å². The third kappa shape index (κ3) is 7.81. The molecule has 0 heterocycles. The van der Waals surface area contributed by atoms with E-state index in [2.05, 4.69) is 21.2 Å². The van der Waals surface area contributed by atoms with Crippen LogP contribution in [0, 0.1) is 20.8 Å². The zero-order chi connectivity index (χ0) is 23.6. The van der Waals surface area contributed by atoms with Crippen molar-refractivity contribution in [3.05, 3.63) is 89.0 Å². The first kappa shape index (κ1) is 23.5. The van der Waals surface area contributed by atoms with Gasteiger partial charge in [0.2, 0.25) is 0 Å². The number of carbonyl (C=O) groups excluding carboxylic acids is 2. The van der Waals surface area contributed by atoms with E-state index < -0.39 is 0 Å². The van der Waals surface area contributed by atoms with Crippen LogP contribution in [0.3, 0.4) is 0 Å². The summed E-state index contributed by atoms with van der Waals surface area (Å²) in [6.07, 6.45) is 1.54. The number of nitrogens with one attached hydrogen (secondary N) is 3. The Labute approximate surface area is 193 Å². The molecule has 0 bridgehead atoms. The third-order valence-corrected chi connectivity index (χ3v) is 4.91. The number of anilines is 2. The number of nitrogens with zero attached hydrogens (tertiary/aromatic N) is 1. The van der Waals surface area contributed by atoms with E-state index in [-0.39, 0.29) is 25.0 Å². The molecule has 0 unspecified atom stereocenters. The van der Waals surface area contributed by atoms with Crippen molar-refractivity contribution in [2.24, 2.45) is 5.10 Å². The van der Waals surface area contributed by atoms with Gasteiger partial charge in [-0.25, -0.2) is 5.43 Å². The number of amides is 2. The highest BCUT2D eigenvalue weighted by Crippen LogP contribution is 2.14. The molecule has 0 saturated carbocycles. The SMILES string of the molecule is Cc1cccc(NC(=O)COc2ccc(/C=N/NC(=O)CNc3ccc(C)c(C)c3)cc2)c1. The van der Waals surface area contributed by atoms with Gasteiger partial charge in [0.1, 0.15) is 5.75 Å². The van der Waals surface area contributed by atoms with Crippen molar-refractivity contribution in [1.29, 1.82) is 0 Å². The fourth-order valence-corrected chi connectivity index (χ4v) is 2.97. The largest absolute Gasteiger partial charge is 0.484 e. The summed E-state index contributed by atoms with van der Waals surface area (Å²) in [5, 5.41) is 9.85. The average molecular weight is 445 g/mol. The Kier molecular flexibility index (Phi) is 8.18. The molecular formula is C26H28N4O3. The van der Waals surface area contributed by atoms with E-state index in [9.17, 15) is 9.59 Å². The van der Waals surface area contributed by atoms with E-state index in [4.69, 9.17) is 4.74 Å². The summed E-state index contributed by atoms with van der Waals surface area (Å²) in [6, 6.07) is 20.6. The zero-order valence-electron chi connectivity index (χ0n) is 19.0. The van der Waals surface area contributed by atoms with Crippen molar-refractivity contribution in [1.82, 2.24) is 5.43 Å². The van der Waals surface area contributed by atoms with Gasteiger partial charge in [-0.2, -0.15) is 5.10 Å². The molecular weight excluding hydrogens is 416 g/mol. The lowest BCUT2D eigenvalue weighted by molar-refractivity contribution is -0.119. The van der Waals surface area contributed by atoms with Crippen LogP contribution in [0.15, 0.2) is 71.8 Å². The van der Waals surface area contributed by atoms with Gasteiger partial charge in [0, 0.05) is 11.4 Å². The Bertz CT molecular complexity index is 1140. The molecule has 170 valence electrons. The first-order valence-electron chi connectivity index (χ1n) is 10.6. The van der Waals surface area contributed by atoms with Crippen LogP contribution in [-0.4, -0.2) is 31.2 Å². The van der Waals surface area contributed by atoms with E-state index in [1.54, 1.807) is 30.5 Å². The van der Waals surface area contributed by atoms with Crippen LogP contribution >= 0.6 is 0 Å². The number of rotatable bonds is 9. The van der Waals surface area contributed by atoms with Gasteiger partial charge in [-0.15, -0.1) is 0 Å². The molecule has 3 N–H and O–H groups in total. The summed E-state index contributed by atoms with van der Waals surface area (Å²) in [5.74, 6) is 0.0839. The predicted molar refractivity (Wildman–Crippen MR) is 132 cm³/mol. The lowest BCUT2D eigenvalue weighted by atomic mass is 10.1. The van der Waals surface area contributed by atoms with Crippen molar-refractivity contribution >= 4 is 29.4 Å². The first-order valence-corrected chi connectivity index (χ1v) is 10.6. The highest BCUT2D eigenvalue weighted by molar-refractivity contribution is 5.92. The molecule has 3 aromatic carbocycles. The van der Waals surface area contributed by atoms with Crippen molar-refractivity contribution in [2.45, 2.75) is 20.8 Å². The Morgan fingerprint density at radius 3 is 2.39 bits per heavy atom. The van der Waals surface area contributed by atoms with Gasteiger partial charge in [0.15, 0.2) is 6.61 Å². The topological polar surface area (TPSA) is 91.8 Å². The molecule has 0 aromatic heterocycles. The highest BCUT2D eigenvalue weighted by atomic mass is 16.5. The predicted octanol–water partition coefficient (Wildman–Crippen LogP) is 4.19. The summed E-state index contributed by atoms with van der Waals surface area (Å²) in [4.78, 5) is 24.0. The second-order valence-corrected chi connectivity index (χ2v) is 7.72. The number of hydrazone groups is 1. The summed E-state index contributed by atoms with van der Waals surface area (Å²) < 4.78 is 5.52. The van der Waals surface area contributed by atoms with Crippen LogP contribution in [0.25, 0.3) is 0 Å². The standard InChI is InChI=1S/C26H28N4O3/c1-18-5-4-6-23(13-18)29-26(32)17-33-24-11-8-21(9-12-24)15-28-30-25(31)16-27-22-10-7-19(2)20(3)14-22/h4-15,27H,16-17H2,1-3H3,(H,29,32)(H,30,31)/b28-15+. The second-order valence-electron chi connectivity index (χ2n) is 7.72. The number of carbonyl (C=O) groups is 2. The van der Waals surface area contributed by atoms with Crippen LogP contribution in [0.4, 0.5) is 11.4 Å². The number of benzene rings is 3. The van der Waals surface area contributed by atoms with Gasteiger partial charge in [-0.05, 0) is 91.6 Å². The average Bonchev–Trinajstić information content (AvgIpc) is 2.79. The maximum absolute atomic E-state index is 12.0. The van der Waals surface area contributed by atoms with E-state index in [0.717, 1.165) is 28.1 Å². The number of hydrogen-bond acceptors (Lipinski definition) is 5. The van der Waals surface area contributed by atoms with Crippen molar-refractivity contribution in [3.63, 3.8) is 0 Å².